The smallest absolute Gasteiger partial charge is 0.0639 e. The highest BCUT2D eigenvalue weighted by molar-refractivity contribution is 5.09. The van der Waals surface area contributed by atoms with Crippen molar-refractivity contribution in [3.8, 4) is 24.7 Å². The molecule has 0 aromatic rings. The van der Waals surface area contributed by atoms with Gasteiger partial charge in [-0.2, -0.15) is 0 Å². The van der Waals surface area contributed by atoms with Crippen LogP contribution in [0.15, 0.2) is 0 Å². The first kappa shape index (κ1) is 11.1. The molecular formula is C12H16O2. The molecule has 0 saturated heterocycles. The number of aliphatic hydroxyl groups is 2. The maximum absolute atomic E-state index is 9.90. The van der Waals surface area contributed by atoms with E-state index < -0.39 is 17.6 Å². The number of hydrogen-bond acceptors (Lipinski definition) is 2. The zero-order valence-corrected chi connectivity index (χ0v) is 8.24. The first-order valence-corrected chi connectivity index (χ1v) is 4.90. The quantitative estimate of drug-likeness (QED) is 0.639. The first-order valence-electron chi connectivity index (χ1n) is 4.90. The zero-order chi connectivity index (χ0) is 10.6. The second kappa shape index (κ2) is 4.51. The Morgan fingerprint density at radius 1 is 1.07 bits per heavy atom. The van der Waals surface area contributed by atoms with Crippen LogP contribution in [-0.4, -0.2) is 22.4 Å². The molecule has 2 atom stereocenters. The highest BCUT2D eigenvalue weighted by Gasteiger charge is 2.45. The molecule has 1 saturated carbocycles. The van der Waals surface area contributed by atoms with Crippen molar-refractivity contribution >= 4 is 0 Å². The van der Waals surface area contributed by atoms with E-state index in [9.17, 15) is 10.2 Å². The van der Waals surface area contributed by atoms with E-state index in [2.05, 4.69) is 11.8 Å². The third-order valence-corrected chi connectivity index (χ3v) is 3.14. The van der Waals surface area contributed by atoms with Crippen LogP contribution in [0.4, 0.5) is 0 Å². The van der Waals surface area contributed by atoms with Gasteiger partial charge in [-0.3, -0.25) is 0 Å². The molecular weight excluding hydrogens is 176 g/mol. The Bertz CT molecular complexity index is 241. The molecule has 0 aromatic heterocycles. The summed E-state index contributed by atoms with van der Waals surface area (Å²) in [5, 5.41) is 19.8. The van der Waals surface area contributed by atoms with E-state index >= 15 is 0 Å². The van der Waals surface area contributed by atoms with E-state index in [1.807, 2.05) is 0 Å². The summed E-state index contributed by atoms with van der Waals surface area (Å²) in [5.41, 5.74) is -0.665. The van der Waals surface area contributed by atoms with Gasteiger partial charge in [-0.15, -0.1) is 24.7 Å². The fourth-order valence-electron chi connectivity index (χ4n) is 2.22. The SMILES string of the molecule is C#CCC1(CC#C)C(O)CCCC1O. The average Bonchev–Trinajstić information content (AvgIpc) is 2.15. The third-order valence-electron chi connectivity index (χ3n) is 3.14. The van der Waals surface area contributed by atoms with Crippen LogP contribution in [0.5, 0.6) is 0 Å². The van der Waals surface area contributed by atoms with Gasteiger partial charge in [0.05, 0.1) is 12.2 Å². The second-order valence-electron chi connectivity index (χ2n) is 3.96. The van der Waals surface area contributed by atoms with Gasteiger partial charge in [-0.25, -0.2) is 0 Å². The molecule has 2 N–H and O–H groups in total. The average molecular weight is 192 g/mol. The van der Waals surface area contributed by atoms with Crippen molar-refractivity contribution in [2.45, 2.75) is 44.3 Å². The van der Waals surface area contributed by atoms with Crippen molar-refractivity contribution in [3.05, 3.63) is 0 Å². The minimum atomic E-state index is -0.665. The summed E-state index contributed by atoms with van der Waals surface area (Å²) in [6.45, 7) is 0. The normalized spacial score (nSPS) is 30.3. The maximum Gasteiger partial charge on any atom is 0.0639 e. The van der Waals surface area contributed by atoms with Crippen molar-refractivity contribution in [3.63, 3.8) is 0 Å². The molecule has 0 radical (unpaired) electrons. The van der Waals surface area contributed by atoms with Gasteiger partial charge in [-0.1, -0.05) is 0 Å². The van der Waals surface area contributed by atoms with Crippen LogP contribution in [-0.2, 0) is 0 Å². The number of rotatable bonds is 2. The third kappa shape index (κ3) is 1.77. The zero-order valence-electron chi connectivity index (χ0n) is 8.24. The van der Waals surface area contributed by atoms with Crippen molar-refractivity contribution in [1.82, 2.24) is 0 Å². The van der Waals surface area contributed by atoms with Crippen LogP contribution in [0.2, 0.25) is 0 Å². The molecule has 14 heavy (non-hydrogen) atoms. The Hall–Kier alpha value is -0.960. The highest BCUT2D eigenvalue weighted by Crippen LogP contribution is 2.42. The lowest BCUT2D eigenvalue weighted by Gasteiger charge is -2.43. The summed E-state index contributed by atoms with van der Waals surface area (Å²) in [5.74, 6) is 5.02. The summed E-state index contributed by atoms with van der Waals surface area (Å²) < 4.78 is 0. The Labute approximate surface area is 85.3 Å². The molecule has 1 aliphatic carbocycles. The molecule has 0 amide bonds. The van der Waals surface area contributed by atoms with Crippen LogP contribution in [0.25, 0.3) is 0 Å². The molecule has 0 bridgehead atoms. The highest BCUT2D eigenvalue weighted by atomic mass is 16.3. The lowest BCUT2D eigenvalue weighted by atomic mass is 9.66. The number of terminal acetylenes is 2. The molecule has 2 unspecified atom stereocenters. The van der Waals surface area contributed by atoms with E-state index in [-0.39, 0.29) is 0 Å². The van der Waals surface area contributed by atoms with Crippen LogP contribution in [0, 0.1) is 30.1 Å². The topological polar surface area (TPSA) is 40.5 Å². The minimum Gasteiger partial charge on any atom is -0.392 e. The number of hydrogen-bond donors (Lipinski definition) is 2. The van der Waals surface area contributed by atoms with Gasteiger partial charge in [0, 0.05) is 18.3 Å². The summed E-state index contributed by atoms with van der Waals surface area (Å²) in [6, 6.07) is 0. The Morgan fingerprint density at radius 3 is 1.86 bits per heavy atom. The Balaban J connectivity index is 2.91. The summed E-state index contributed by atoms with van der Waals surface area (Å²) >= 11 is 0. The van der Waals surface area contributed by atoms with Crippen molar-refractivity contribution in [2.24, 2.45) is 5.41 Å². The van der Waals surface area contributed by atoms with E-state index in [0.29, 0.717) is 25.7 Å². The molecule has 76 valence electrons. The molecule has 1 fully saturated rings. The van der Waals surface area contributed by atoms with Crippen LogP contribution in [0.1, 0.15) is 32.1 Å². The van der Waals surface area contributed by atoms with Crippen molar-refractivity contribution in [2.75, 3.05) is 0 Å². The largest absolute Gasteiger partial charge is 0.392 e. The maximum atomic E-state index is 9.90. The number of aliphatic hydroxyl groups excluding tert-OH is 2. The van der Waals surface area contributed by atoms with Crippen LogP contribution >= 0.6 is 0 Å². The van der Waals surface area contributed by atoms with Gasteiger partial charge in [0.25, 0.3) is 0 Å². The van der Waals surface area contributed by atoms with Crippen molar-refractivity contribution < 1.29 is 10.2 Å². The minimum absolute atomic E-state index is 0.347. The van der Waals surface area contributed by atoms with Crippen LogP contribution < -0.4 is 0 Å². The van der Waals surface area contributed by atoms with E-state index in [1.54, 1.807) is 0 Å². The summed E-state index contributed by atoms with van der Waals surface area (Å²) in [7, 11) is 0. The van der Waals surface area contributed by atoms with Crippen molar-refractivity contribution in [1.29, 1.82) is 0 Å². The predicted molar refractivity (Wildman–Crippen MR) is 55.2 cm³/mol. The van der Waals surface area contributed by atoms with Gasteiger partial charge >= 0.3 is 0 Å². The monoisotopic (exact) mass is 192 g/mol. The standard InChI is InChI=1S/C12H16O2/c1-3-8-12(9-4-2)10(13)6-5-7-11(12)14/h1-2,10-11,13-14H,5-9H2. The molecule has 0 aliphatic heterocycles. The fourth-order valence-corrected chi connectivity index (χ4v) is 2.22. The lowest BCUT2D eigenvalue weighted by molar-refractivity contribution is -0.0949. The molecule has 2 nitrogen and oxygen atoms in total. The Kier molecular flexibility index (Phi) is 3.58. The molecule has 0 aromatic carbocycles. The Morgan fingerprint density at radius 2 is 1.50 bits per heavy atom. The van der Waals surface area contributed by atoms with Gasteiger partial charge in [0.15, 0.2) is 0 Å². The van der Waals surface area contributed by atoms with Gasteiger partial charge < -0.3 is 10.2 Å². The van der Waals surface area contributed by atoms with Gasteiger partial charge in [0.1, 0.15) is 0 Å². The van der Waals surface area contributed by atoms with Gasteiger partial charge in [-0.05, 0) is 19.3 Å². The molecule has 1 aliphatic rings. The molecule has 0 heterocycles. The predicted octanol–water partition coefficient (Wildman–Crippen LogP) is 0.925. The first-order chi connectivity index (χ1) is 6.67. The molecule has 1 rings (SSSR count). The van der Waals surface area contributed by atoms with E-state index in [1.165, 1.54) is 0 Å². The lowest BCUT2D eigenvalue weighted by Crippen LogP contribution is -2.48. The van der Waals surface area contributed by atoms with E-state index in [0.717, 1.165) is 6.42 Å². The van der Waals surface area contributed by atoms with Gasteiger partial charge in [0.2, 0.25) is 0 Å². The summed E-state index contributed by atoms with van der Waals surface area (Å²) in [4.78, 5) is 0. The van der Waals surface area contributed by atoms with Crippen LogP contribution in [0.3, 0.4) is 0 Å². The molecule has 0 spiro atoms. The second-order valence-corrected chi connectivity index (χ2v) is 3.96. The van der Waals surface area contributed by atoms with E-state index in [4.69, 9.17) is 12.8 Å². The molecule has 2 heteroatoms. The summed E-state index contributed by atoms with van der Waals surface area (Å²) in [6.07, 6.45) is 12.3. The fraction of sp³-hybridized carbons (Fsp3) is 0.667.